The second-order valence-electron chi connectivity index (χ2n) is 5.63. The van der Waals surface area contributed by atoms with E-state index >= 15 is 0 Å². The monoisotopic (exact) mass is 276 g/mol. The van der Waals surface area contributed by atoms with Crippen LogP contribution in [0.3, 0.4) is 0 Å². The largest absolute Gasteiger partial charge is 0.342 e. The Morgan fingerprint density at radius 1 is 1.28 bits per heavy atom. The minimum absolute atomic E-state index is 0. The summed E-state index contributed by atoms with van der Waals surface area (Å²) in [5.74, 6) is 0.327. The number of rotatable bonds is 5. The van der Waals surface area contributed by atoms with Crippen LogP contribution >= 0.6 is 12.4 Å². The van der Waals surface area contributed by atoms with Crippen molar-refractivity contribution in [3.05, 3.63) is 0 Å². The number of hydrogen-bond donors (Lipinski definition) is 1. The van der Waals surface area contributed by atoms with Gasteiger partial charge in [0.05, 0.1) is 5.92 Å². The zero-order valence-electron chi connectivity index (χ0n) is 12.1. The van der Waals surface area contributed by atoms with E-state index in [9.17, 15) is 4.79 Å². The molecule has 1 saturated carbocycles. The van der Waals surface area contributed by atoms with Crippen LogP contribution in [0.5, 0.6) is 0 Å². The molecule has 1 rings (SSSR count). The molecular weight excluding hydrogens is 248 g/mol. The average Bonchev–Trinajstić information content (AvgIpc) is 2.27. The number of halogens is 1. The maximum atomic E-state index is 12.5. The van der Waals surface area contributed by atoms with Crippen molar-refractivity contribution in [2.24, 2.45) is 11.7 Å². The first kappa shape index (κ1) is 17.7. The maximum absolute atomic E-state index is 12.5. The van der Waals surface area contributed by atoms with Gasteiger partial charge in [-0.1, -0.05) is 26.7 Å². The van der Waals surface area contributed by atoms with Crippen LogP contribution in [0.25, 0.3) is 0 Å². The highest BCUT2D eigenvalue weighted by molar-refractivity contribution is 5.85. The zero-order chi connectivity index (χ0) is 12.9. The zero-order valence-corrected chi connectivity index (χ0v) is 12.9. The van der Waals surface area contributed by atoms with Crippen LogP contribution < -0.4 is 5.73 Å². The van der Waals surface area contributed by atoms with Crippen LogP contribution in [0, 0.1) is 5.92 Å². The lowest BCUT2D eigenvalue weighted by molar-refractivity contribution is -0.139. The number of nitrogens with zero attached hydrogens (tertiary/aromatic N) is 1. The molecule has 0 aromatic heterocycles. The van der Waals surface area contributed by atoms with Crippen LogP contribution in [0.1, 0.15) is 59.3 Å². The molecule has 0 heterocycles. The highest BCUT2D eigenvalue weighted by Crippen LogP contribution is 2.33. The number of amides is 1. The summed E-state index contributed by atoms with van der Waals surface area (Å²) in [5.41, 5.74) is 6.01. The summed E-state index contributed by atoms with van der Waals surface area (Å²) in [6.45, 7) is 8.04. The number of carbonyl (C=O) groups is 1. The first-order chi connectivity index (χ1) is 8.03. The predicted molar refractivity (Wildman–Crippen MR) is 79.0 cm³/mol. The molecule has 1 fully saturated rings. The summed E-state index contributed by atoms with van der Waals surface area (Å²) in [5, 5.41) is 0. The number of hydrogen-bond acceptors (Lipinski definition) is 2. The first-order valence-corrected chi connectivity index (χ1v) is 7.10. The highest BCUT2D eigenvalue weighted by Gasteiger charge is 2.39. The molecule has 18 heavy (non-hydrogen) atoms. The lowest BCUT2D eigenvalue weighted by Gasteiger charge is -2.40. The molecule has 0 aromatic carbocycles. The van der Waals surface area contributed by atoms with Gasteiger partial charge in [0.25, 0.3) is 0 Å². The van der Waals surface area contributed by atoms with E-state index in [-0.39, 0.29) is 23.9 Å². The Hall–Kier alpha value is -0.280. The van der Waals surface area contributed by atoms with E-state index in [1.165, 1.54) is 6.42 Å². The third-order valence-electron chi connectivity index (χ3n) is 3.85. The van der Waals surface area contributed by atoms with Crippen LogP contribution in [-0.2, 0) is 4.79 Å². The van der Waals surface area contributed by atoms with Gasteiger partial charge in [-0.05, 0) is 32.6 Å². The van der Waals surface area contributed by atoms with Crippen molar-refractivity contribution in [3.8, 4) is 0 Å². The Labute approximate surface area is 118 Å². The molecule has 1 aliphatic rings. The Morgan fingerprint density at radius 3 is 2.28 bits per heavy atom. The normalized spacial score (nSPS) is 27.4. The van der Waals surface area contributed by atoms with E-state index in [0.717, 1.165) is 45.2 Å². The van der Waals surface area contributed by atoms with Crippen molar-refractivity contribution in [2.45, 2.75) is 64.8 Å². The molecule has 0 spiro atoms. The van der Waals surface area contributed by atoms with Gasteiger partial charge in [0.15, 0.2) is 0 Å². The quantitative estimate of drug-likeness (QED) is 0.839. The summed E-state index contributed by atoms with van der Waals surface area (Å²) < 4.78 is 0. The molecule has 3 nitrogen and oxygen atoms in total. The van der Waals surface area contributed by atoms with Crippen molar-refractivity contribution in [1.82, 2.24) is 4.90 Å². The summed E-state index contributed by atoms with van der Waals surface area (Å²) in [6.07, 6.45) is 6.32. The van der Waals surface area contributed by atoms with Crippen molar-refractivity contribution in [2.75, 3.05) is 13.1 Å². The molecule has 0 bridgehead atoms. The van der Waals surface area contributed by atoms with Gasteiger partial charge in [-0.2, -0.15) is 0 Å². The van der Waals surface area contributed by atoms with Gasteiger partial charge in [0, 0.05) is 18.6 Å². The SMILES string of the molecule is CCCN(CCC)C(=O)C1CCCCC1(C)N.Cl. The van der Waals surface area contributed by atoms with Crippen molar-refractivity contribution in [3.63, 3.8) is 0 Å². The fraction of sp³-hybridized carbons (Fsp3) is 0.929. The van der Waals surface area contributed by atoms with Gasteiger partial charge >= 0.3 is 0 Å². The van der Waals surface area contributed by atoms with Gasteiger partial charge < -0.3 is 10.6 Å². The van der Waals surface area contributed by atoms with E-state index < -0.39 is 0 Å². The van der Waals surface area contributed by atoms with Crippen molar-refractivity contribution >= 4 is 18.3 Å². The standard InChI is InChI=1S/C14H28N2O.ClH/c1-4-10-16(11-5-2)13(17)12-8-6-7-9-14(12,3)15;/h12H,4-11,15H2,1-3H3;1H. The molecule has 0 saturated heterocycles. The summed E-state index contributed by atoms with van der Waals surface area (Å²) in [6, 6.07) is 0. The minimum atomic E-state index is -0.297. The molecule has 4 heteroatoms. The Bertz CT molecular complexity index is 250. The number of nitrogens with two attached hydrogens (primary N) is 1. The van der Waals surface area contributed by atoms with E-state index in [0.29, 0.717) is 5.91 Å². The third kappa shape index (κ3) is 4.43. The summed E-state index contributed by atoms with van der Waals surface area (Å²) >= 11 is 0. The van der Waals surface area contributed by atoms with Gasteiger partial charge in [-0.25, -0.2) is 0 Å². The van der Waals surface area contributed by atoms with Gasteiger partial charge in [-0.3, -0.25) is 4.79 Å². The second kappa shape index (κ2) is 8.00. The van der Waals surface area contributed by atoms with Crippen LogP contribution in [-0.4, -0.2) is 29.4 Å². The van der Waals surface area contributed by atoms with E-state index in [2.05, 4.69) is 13.8 Å². The van der Waals surface area contributed by atoms with Crippen LogP contribution in [0.2, 0.25) is 0 Å². The molecule has 1 aliphatic carbocycles. The summed E-state index contributed by atoms with van der Waals surface area (Å²) in [7, 11) is 0. The smallest absolute Gasteiger partial charge is 0.227 e. The molecule has 2 N–H and O–H groups in total. The highest BCUT2D eigenvalue weighted by atomic mass is 35.5. The third-order valence-corrected chi connectivity index (χ3v) is 3.85. The molecule has 2 atom stereocenters. The fourth-order valence-electron chi connectivity index (χ4n) is 2.86. The Kier molecular flexibility index (Phi) is 7.88. The maximum Gasteiger partial charge on any atom is 0.227 e. The lowest BCUT2D eigenvalue weighted by atomic mass is 9.74. The van der Waals surface area contributed by atoms with Gasteiger partial charge in [-0.15, -0.1) is 12.4 Å². The van der Waals surface area contributed by atoms with Crippen molar-refractivity contribution in [1.29, 1.82) is 0 Å². The molecule has 0 aliphatic heterocycles. The predicted octanol–water partition coefficient (Wildman–Crippen LogP) is 2.96. The molecule has 108 valence electrons. The van der Waals surface area contributed by atoms with Gasteiger partial charge in [0.2, 0.25) is 5.91 Å². The van der Waals surface area contributed by atoms with E-state index in [4.69, 9.17) is 5.73 Å². The van der Waals surface area contributed by atoms with Crippen molar-refractivity contribution < 1.29 is 4.79 Å². The topological polar surface area (TPSA) is 46.3 Å². The fourth-order valence-corrected chi connectivity index (χ4v) is 2.86. The number of carbonyl (C=O) groups excluding carboxylic acids is 1. The second-order valence-corrected chi connectivity index (χ2v) is 5.63. The van der Waals surface area contributed by atoms with Gasteiger partial charge in [0.1, 0.15) is 0 Å². The minimum Gasteiger partial charge on any atom is -0.342 e. The van der Waals surface area contributed by atoms with Crippen LogP contribution in [0.15, 0.2) is 0 Å². The van der Waals surface area contributed by atoms with E-state index in [1.807, 2.05) is 11.8 Å². The van der Waals surface area contributed by atoms with E-state index in [1.54, 1.807) is 0 Å². The molecule has 2 unspecified atom stereocenters. The Morgan fingerprint density at radius 2 is 1.83 bits per heavy atom. The lowest BCUT2D eigenvalue weighted by Crippen LogP contribution is -2.54. The van der Waals surface area contributed by atoms with Crippen LogP contribution in [0.4, 0.5) is 0 Å². The molecular formula is C14H29ClN2O. The average molecular weight is 277 g/mol. The Balaban J connectivity index is 0.00000289. The first-order valence-electron chi connectivity index (χ1n) is 7.10. The molecule has 0 aromatic rings. The molecule has 1 amide bonds. The summed E-state index contributed by atoms with van der Waals surface area (Å²) in [4.78, 5) is 14.6. The molecule has 0 radical (unpaired) electrons.